The number of amides is 2. The Kier molecular flexibility index (Phi) is 1.46. The molecule has 12 heavy (non-hydrogen) atoms. The average molecular weight is 170 g/mol. The van der Waals surface area contributed by atoms with E-state index in [0.717, 1.165) is 6.42 Å². The van der Waals surface area contributed by atoms with Gasteiger partial charge >= 0.3 is 12.0 Å². The lowest BCUT2D eigenvalue weighted by atomic mass is 10.0. The average Bonchev–Trinajstić information content (AvgIpc) is 2.28. The summed E-state index contributed by atoms with van der Waals surface area (Å²) in [5, 5.41) is 11.5. The molecule has 2 bridgehead atoms. The molecule has 2 rings (SSSR count). The Hall–Kier alpha value is -1.26. The Bertz CT molecular complexity index is 241. The van der Waals surface area contributed by atoms with Crippen LogP contribution in [0.25, 0.3) is 0 Å². The first-order valence-electron chi connectivity index (χ1n) is 3.98. The first kappa shape index (κ1) is 7.39. The van der Waals surface area contributed by atoms with Crippen molar-refractivity contribution < 1.29 is 14.7 Å². The zero-order valence-corrected chi connectivity index (χ0v) is 6.49. The van der Waals surface area contributed by atoms with Crippen LogP contribution in [0.3, 0.4) is 0 Å². The van der Waals surface area contributed by atoms with Gasteiger partial charge in [-0.25, -0.2) is 9.59 Å². The number of carboxylic acid groups (broad SMARTS) is 1. The van der Waals surface area contributed by atoms with Gasteiger partial charge in [0.1, 0.15) is 6.04 Å². The third-order valence-electron chi connectivity index (χ3n) is 2.46. The number of carboxylic acids is 1. The van der Waals surface area contributed by atoms with E-state index in [1.165, 1.54) is 4.90 Å². The van der Waals surface area contributed by atoms with Crippen LogP contribution in [0.1, 0.15) is 12.8 Å². The summed E-state index contributed by atoms with van der Waals surface area (Å²) < 4.78 is 0. The lowest BCUT2D eigenvalue weighted by molar-refractivity contribution is -0.142. The monoisotopic (exact) mass is 170 g/mol. The van der Waals surface area contributed by atoms with Gasteiger partial charge in [-0.15, -0.1) is 0 Å². The maximum absolute atomic E-state index is 11.1. The highest BCUT2D eigenvalue weighted by molar-refractivity contribution is 5.85. The molecule has 5 heteroatoms. The van der Waals surface area contributed by atoms with E-state index in [-0.39, 0.29) is 12.1 Å². The number of urea groups is 1. The van der Waals surface area contributed by atoms with Crippen LogP contribution in [0.15, 0.2) is 0 Å². The summed E-state index contributed by atoms with van der Waals surface area (Å²) in [4.78, 5) is 23.2. The molecule has 0 unspecified atom stereocenters. The number of hydrogen-bond acceptors (Lipinski definition) is 2. The molecule has 2 aliphatic rings. The molecule has 0 aromatic heterocycles. The molecule has 5 nitrogen and oxygen atoms in total. The van der Waals surface area contributed by atoms with Crippen molar-refractivity contribution in [3.8, 4) is 0 Å². The summed E-state index contributed by atoms with van der Waals surface area (Å²) in [5.74, 6) is -0.898. The maximum atomic E-state index is 11.1. The van der Waals surface area contributed by atoms with E-state index in [0.29, 0.717) is 13.0 Å². The second-order valence-electron chi connectivity index (χ2n) is 3.23. The highest BCUT2D eigenvalue weighted by Crippen LogP contribution is 2.22. The molecule has 2 fully saturated rings. The molecule has 2 aliphatic heterocycles. The molecule has 0 aliphatic carbocycles. The predicted molar refractivity (Wildman–Crippen MR) is 39.7 cm³/mol. The summed E-state index contributed by atoms with van der Waals surface area (Å²) in [6, 6.07) is -0.665. The summed E-state index contributed by atoms with van der Waals surface area (Å²) in [5.41, 5.74) is 0. The molecule has 2 heterocycles. The van der Waals surface area contributed by atoms with Gasteiger partial charge in [0.05, 0.1) is 0 Å². The predicted octanol–water partition coefficient (Wildman–Crippen LogP) is -0.373. The van der Waals surface area contributed by atoms with Crippen molar-refractivity contribution in [3.05, 3.63) is 0 Å². The fourth-order valence-corrected chi connectivity index (χ4v) is 1.83. The molecular weight excluding hydrogens is 160 g/mol. The van der Waals surface area contributed by atoms with Crippen LogP contribution in [0.4, 0.5) is 4.79 Å². The van der Waals surface area contributed by atoms with Gasteiger partial charge in [-0.3, -0.25) is 0 Å². The second kappa shape index (κ2) is 2.36. The van der Waals surface area contributed by atoms with E-state index >= 15 is 0 Å². The topological polar surface area (TPSA) is 69.6 Å². The van der Waals surface area contributed by atoms with Crippen molar-refractivity contribution in [1.29, 1.82) is 0 Å². The van der Waals surface area contributed by atoms with Gasteiger partial charge in [-0.1, -0.05) is 0 Å². The maximum Gasteiger partial charge on any atom is 0.326 e. The van der Waals surface area contributed by atoms with E-state index in [2.05, 4.69) is 5.32 Å². The minimum absolute atomic E-state index is 0.174. The number of carbonyl (C=O) groups is 2. The third kappa shape index (κ3) is 0.929. The molecule has 2 atom stereocenters. The Balaban J connectivity index is 2.18. The van der Waals surface area contributed by atoms with E-state index in [4.69, 9.17) is 5.11 Å². The molecule has 0 aromatic carbocycles. The van der Waals surface area contributed by atoms with Crippen molar-refractivity contribution in [2.45, 2.75) is 24.9 Å². The number of rotatable bonds is 1. The number of carbonyl (C=O) groups excluding carboxylic acids is 1. The number of hydrogen-bond donors (Lipinski definition) is 2. The Morgan fingerprint density at radius 2 is 2.33 bits per heavy atom. The molecule has 0 spiro atoms. The van der Waals surface area contributed by atoms with Crippen molar-refractivity contribution >= 4 is 12.0 Å². The van der Waals surface area contributed by atoms with Crippen molar-refractivity contribution in [1.82, 2.24) is 10.2 Å². The van der Waals surface area contributed by atoms with Gasteiger partial charge in [0, 0.05) is 12.6 Å². The molecule has 2 N–H and O–H groups in total. The van der Waals surface area contributed by atoms with E-state index < -0.39 is 12.0 Å². The first-order chi connectivity index (χ1) is 5.68. The molecule has 0 radical (unpaired) electrons. The number of fused-ring (bicyclic) bond motifs is 2. The van der Waals surface area contributed by atoms with Crippen LogP contribution in [0, 0.1) is 0 Å². The number of piperidine rings is 1. The fourth-order valence-electron chi connectivity index (χ4n) is 1.83. The number of nitrogens with zero attached hydrogens (tertiary/aromatic N) is 1. The summed E-state index contributed by atoms with van der Waals surface area (Å²) in [6.07, 6.45) is 1.35. The third-order valence-corrected chi connectivity index (χ3v) is 2.46. The van der Waals surface area contributed by atoms with Gasteiger partial charge in [-0.2, -0.15) is 0 Å². The van der Waals surface area contributed by atoms with Crippen LogP contribution in [0.5, 0.6) is 0 Å². The Morgan fingerprint density at radius 1 is 1.58 bits per heavy atom. The SMILES string of the molecule is O=C(O)[C@@H]1CC[C@@H]2CN1C(=O)N2. The van der Waals surface area contributed by atoms with E-state index in [1.807, 2.05) is 0 Å². The number of nitrogens with one attached hydrogen (secondary N) is 1. The van der Waals surface area contributed by atoms with Gasteiger partial charge in [0.15, 0.2) is 0 Å². The smallest absolute Gasteiger partial charge is 0.326 e. The van der Waals surface area contributed by atoms with E-state index in [1.54, 1.807) is 0 Å². The number of aliphatic carboxylic acids is 1. The highest BCUT2D eigenvalue weighted by Gasteiger charge is 2.41. The molecule has 66 valence electrons. The molecule has 2 saturated heterocycles. The molecule has 2 amide bonds. The summed E-state index contributed by atoms with van der Waals surface area (Å²) in [6.45, 7) is 0.551. The zero-order valence-electron chi connectivity index (χ0n) is 6.49. The first-order valence-corrected chi connectivity index (χ1v) is 3.98. The zero-order chi connectivity index (χ0) is 8.72. The van der Waals surface area contributed by atoms with Crippen LogP contribution in [0.2, 0.25) is 0 Å². The summed E-state index contributed by atoms with van der Waals surface area (Å²) >= 11 is 0. The van der Waals surface area contributed by atoms with Gasteiger partial charge in [-0.05, 0) is 12.8 Å². The van der Waals surface area contributed by atoms with Gasteiger partial charge < -0.3 is 15.3 Å². The van der Waals surface area contributed by atoms with Crippen molar-refractivity contribution in [3.63, 3.8) is 0 Å². The molecular formula is C7H10N2O3. The minimum atomic E-state index is -0.898. The second-order valence-corrected chi connectivity index (χ2v) is 3.23. The normalized spacial score (nSPS) is 33.3. The quantitative estimate of drug-likeness (QED) is 0.564. The standard InChI is InChI=1S/C7H10N2O3/c10-6(11)5-2-1-4-3-9(5)7(12)8-4/h4-5H,1-3H2,(H,8,12)(H,10,11)/t4-,5+/m1/s1. The fraction of sp³-hybridized carbons (Fsp3) is 0.714. The molecule has 0 saturated carbocycles. The Labute approximate surface area is 69.3 Å². The lowest BCUT2D eigenvalue weighted by Crippen LogP contribution is -2.44. The summed E-state index contributed by atoms with van der Waals surface area (Å²) in [7, 11) is 0. The van der Waals surface area contributed by atoms with Crippen molar-refractivity contribution in [2.24, 2.45) is 0 Å². The van der Waals surface area contributed by atoms with Crippen LogP contribution < -0.4 is 5.32 Å². The van der Waals surface area contributed by atoms with Crippen LogP contribution in [-0.2, 0) is 4.79 Å². The lowest BCUT2D eigenvalue weighted by Gasteiger charge is -2.26. The highest BCUT2D eigenvalue weighted by atomic mass is 16.4. The van der Waals surface area contributed by atoms with E-state index in [9.17, 15) is 9.59 Å². The minimum Gasteiger partial charge on any atom is -0.480 e. The Morgan fingerprint density at radius 3 is 3.00 bits per heavy atom. The van der Waals surface area contributed by atoms with Crippen molar-refractivity contribution in [2.75, 3.05) is 6.54 Å². The van der Waals surface area contributed by atoms with Crippen LogP contribution in [-0.4, -0.2) is 40.6 Å². The largest absolute Gasteiger partial charge is 0.480 e. The van der Waals surface area contributed by atoms with Crippen LogP contribution >= 0.6 is 0 Å². The van der Waals surface area contributed by atoms with Gasteiger partial charge in [0.25, 0.3) is 0 Å². The molecule has 0 aromatic rings. The van der Waals surface area contributed by atoms with Gasteiger partial charge in [0.2, 0.25) is 0 Å².